The lowest BCUT2D eigenvalue weighted by molar-refractivity contribution is 0.440. The molecule has 4 atom stereocenters. The Hall–Kier alpha value is -3.70. The van der Waals surface area contributed by atoms with Crippen molar-refractivity contribution in [2.75, 3.05) is 6.54 Å². The molecule has 3 aromatic carbocycles. The SMILES string of the molecule is C[C@@H]1CC[C@H](c2nc3ccc(-c4ccc(-c5ccc(-c6cnc([C@@H]7C[C@H](C)CN7)[nH]6)cc5)c5c4CCC54CCCC4)cc3[nH]2)C1. The molecule has 45 heavy (non-hydrogen) atoms. The Morgan fingerprint density at radius 3 is 2.33 bits per heavy atom. The molecule has 3 fully saturated rings. The van der Waals surface area contributed by atoms with E-state index in [2.05, 4.69) is 83.7 Å². The molecule has 3 aliphatic carbocycles. The maximum absolute atomic E-state index is 5.04. The number of nitrogens with zero attached hydrogens (tertiary/aromatic N) is 2. The summed E-state index contributed by atoms with van der Waals surface area (Å²) in [6.07, 6.45) is 14.8. The van der Waals surface area contributed by atoms with Crippen LogP contribution in [0, 0.1) is 11.8 Å². The van der Waals surface area contributed by atoms with Crippen molar-refractivity contribution in [1.29, 1.82) is 0 Å². The van der Waals surface area contributed by atoms with E-state index >= 15 is 0 Å². The van der Waals surface area contributed by atoms with E-state index in [4.69, 9.17) is 9.97 Å². The zero-order valence-electron chi connectivity index (χ0n) is 26.8. The van der Waals surface area contributed by atoms with Gasteiger partial charge in [0.15, 0.2) is 0 Å². The van der Waals surface area contributed by atoms with Gasteiger partial charge >= 0.3 is 0 Å². The Balaban J connectivity index is 1.07. The minimum atomic E-state index is 0.327. The fourth-order valence-corrected chi connectivity index (χ4v) is 9.52. The molecule has 0 unspecified atom stereocenters. The second kappa shape index (κ2) is 10.7. The van der Waals surface area contributed by atoms with Crippen molar-refractivity contribution in [1.82, 2.24) is 25.3 Å². The van der Waals surface area contributed by atoms with Crippen LogP contribution in [-0.4, -0.2) is 26.5 Å². The fourth-order valence-electron chi connectivity index (χ4n) is 9.52. The summed E-state index contributed by atoms with van der Waals surface area (Å²) in [5.41, 5.74) is 13.7. The second-order valence-electron chi connectivity index (χ2n) is 15.0. The largest absolute Gasteiger partial charge is 0.342 e. The van der Waals surface area contributed by atoms with Crippen LogP contribution in [0.1, 0.15) is 106 Å². The molecule has 1 spiro atoms. The number of H-pyrrole nitrogens is 2. The molecule has 2 aromatic heterocycles. The number of imidazole rings is 2. The van der Waals surface area contributed by atoms with Gasteiger partial charge < -0.3 is 15.3 Å². The monoisotopic (exact) mass is 595 g/mol. The zero-order chi connectivity index (χ0) is 30.1. The van der Waals surface area contributed by atoms with Crippen molar-refractivity contribution >= 4 is 11.0 Å². The van der Waals surface area contributed by atoms with Crippen LogP contribution in [0.4, 0.5) is 0 Å². The third kappa shape index (κ3) is 4.69. The van der Waals surface area contributed by atoms with Crippen molar-refractivity contribution in [2.45, 2.75) is 95.4 Å². The standard InChI is InChI=1S/C40H45N5/c1-24-5-6-29(19-24)38-43-33-14-11-28(21-34(33)44-38)30-12-13-31(37-32(30)15-18-40(37)16-3-4-17-40)26-7-9-27(10-8-26)36-23-42-39(45-36)35-20-25(2)22-41-35/h7-14,21,23-25,29,35,41H,3-6,15-20,22H2,1-2H3,(H,42,45)(H,43,44)/t24-,25+,29+,35+/m1/s1. The van der Waals surface area contributed by atoms with Crippen LogP contribution in [0.15, 0.2) is 60.8 Å². The molecule has 1 aliphatic heterocycles. The third-order valence-corrected chi connectivity index (χ3v) is 11.9. The van der Waals surface area contributed by atoms with Gasteiger partial charge in [-0.3, -0.25) is 0 Å². The van der Waals surface area contributed by atoms with Gasteiger partial charge in [0, 0.05) is 5.92 Å². The fraction of sp³-hybridized carbons (Fsp3) is 0.450. The average Bonchev–Trinajstić information content (AvgIpc) is 3.90. The van der Waals surface area contributed by atoms with Gasteiger partial charge in [0.1, 0.15) is 11.6 Å². The average molecular weight is 596 g/mol. The first-order chi connectivity index (χ1) is 22.0. The van der Waals surface area contributed by atoms with Crippen molar-refractivity contribution < 1.29 is 0 Å². The Labute approximate surface area is 266 Å². The molecule has 3 heterocycles. The van der Waals surface area contributed by atoms with Crippen molar-refractivity contribution in [3.63, 3.8) is 0 Å². The molecule has 3 N–H and O–H groups in total. The van der Waals surface area contributed by atoms with Crippen molar-refractivity contribution in [2.24, 2.45) is 11.8 Å². The predicted molar refractivity (Wildman–Crippen MR) is 183 cm³/mol. The smallest absolute Gasteiger partial charge is 0.123 e. The molecule has 0 radical (unpaired) electrons. The van der Waals surface area contributed by atoms with E-state index in [0.29, 0.717) is 23.3 Å². The number of hydrogen-bond donors (Lipinski definition) is 3. The van der Waals surface area contributed by atoms with E-state index < -0.39 is 0 Å². The highest BCUT2D eigenvalue weighted by Gasteiger charge is 2.43. The lowest BCUT2D eigenvalue weighted by atomic mass is 9.76. The molecule has 9 rings (SSSR count). The molecule has 1 saturated heterocycles. The summed E-state index contributed by atoms with van der Waals surface area (Å²) in [5, 5.41) is 3.61. The predicted octanol–water partition coefficient (Wildman–Crippen LogP) is 9.62. The molecule has 230 valence electrons. The van der Waals surface area contributed by atoms with E-state index in [0.717, 1.165) is 35.9 Å². The highest BCUT2D eigenvalue weighted by Crippen LogP contribution is 2.55. The van der Waals surface area contributed by atoms with Gasteiger partial charge in [-0.2, -0.15) is 0 Å². The zero-order valence-corrected chi connectivity index (χ0v) is 26.8. The number of nitrogens with one attached hydrogen (secondary N) is 3. The molecule has 5 aromatic rings. The van der Waals surface area contributed by atoms with Gasteiger partial charge in [-0.05, 0) is 126 Å². The topological polar surface area (TPSA) is 69.4 Å². The summed E-state index contributed by atoms with van der Waals surface area (Å²) in [6.45, 7) is 5.75. The highest BCUT2D eigenvalue weighted by atomic mass is 15.0. The summed E-state index contributed by atoms with van der Waals surface area (Å²) >= 11 is 0. The van der Waals surface area contributed by atoms with Crippen LogP contribution >= 0.6 is 0 Å². The molecule has 4 aliphatic rings. The maximum atomic E-state index is 5.04. The molecule has 0 amide bonds. The van der Waals surface area contributed by atoms with E-state index in [9.17, 15) is 0 Å². The van der Waals surface area contributed by atoms with Gasteiger partial charge in [-0.25, -0.2) is 9.97 Å². The lowest BCUT2D eigenvalue weighted by Crippen LogP contribution is -2.19. The first kappa shape index (κ1) is 27.6. The first-order valence-corrected chi connectivity index (χ1v) is 17.6. The summed E-state index contributed by atoms with van der Waals surface area (Å²) in [4.78, 5) is 17.1. The number of aromatic amines is 2. The Kier molecular flexibility index (Phi) is 6.56. The normalized spacial score (nSPS) is 25.6. The quantitative estimate of drug-likeness (QED) is 0.189. The molecular weight excluding hydrogens is 550 g/mol. The van der Waals surface area contributed by atoms with E-state index in [1.807, 2.05) is 6.20 Å². The second-order valence-corrected chi connectivity index (χ2v) is 15.0. The molecule has 0 bridgehead atoms. The van der Waals surface area contributed by atoms with Gasteiger partial charge in [-0.15, -0.1) is 0 Å². The molecule has 5 nitrogen and oxygen atoms in total. The van der Waals surface area contributed by atoms with Crippen LogP contribution < -0.4 is 5.32 Å². The van der Waals surface area contributed by atoms with E-state index in [-0.39, 0.29) is 0 Å². The van der Waals surface area contributed by atoms with Crippen molar-refractivity contribution in [3.05, 3.63) is 83.6 Å². The number of fused-ring (bicyclic) bond motifs is 3. The minimum absolute atomic E-state index is 0.327. The lowest BCUT2D eigenvalue weighted by Gasteiger charge is -2.28. The summed E-state index contributed by atoms with van der Waals surface area (Å²) < 4.78 is 0. The van der Waals surface area contributed by atoms with Gasteiger partial charge in [0.05, 0.1) is 29.0 Å². The minimum Gasteiger partial charge on any atom is -0.342 e. The third-order valence-electron chi connectivity index (χ3n) is 11.9. The summed E-state index contributed by atoms with van der Waals surface area (Å²) in [7, 11) is 0. The Morgan fingerprint density at radius 1 is 0.756 bits per heavy atom. The van der Waals surface area contributed by atoms with Crippen molar-refractivity contribution in [3.8, 4) is 33.5 Å². The van der Waals surface area contributed by atoms with Crippen LogP contribution in [-0.2, 0) is 11.8 Å². The summed E-state index contributed by atoms with van der Waals surface area (Å²) in [6, 6.07) is 21.3. The number of rotatable bonds is 5. The van der Waals surface area contributed by atoms with Crippen LogP contribution in [0.2, 0.25) is 0 Å². The number of hydrogen-bond acceptors (Lipinski definition) is 3. The van der Waals surface area contributed by atoms with E-state index in [1.165, 1.54) is 96.9 Å². The van der Waals surface area contributed by atoms with Gasteiger partial charge in [0.2, 0.25) is 0 Å². The van der Waals surface area contributed by atoms with Crippen LogP contribution in [0.5, 0.6) is 0 Å². The summed E-state index contributed by atoms with van der Waals surface area (Å²) in [5.74, 6) is 4.34. The number of benzene rings is 3. The van der Waals surface area contributed by atoms with Crippen LogP contribution in [0.25, 0.3) is 44.5 Å². The maximum Gasteiger partial charge on any atom is 0.123 e. The Morgan fingerprint density at radius 2 is 1.56 bits per heavy atom. The first-order valence-electron chi connectivity index (χ1n) is 17.6. The van der Waals surface area contributed by atoms with Gasteiger partial charge in [-0.1, -0.05) is 69.2 Å². The van der Waals surface area contributed by atoms with Crippen LogP contribution in [0.3, 0.4) is 0 Å². The van der Waals surface area contributed by atoms with E-state index in [1.54, 1.807) is 11.1 Å². The Bertz CT molecular complexity index is 1870. The number of aromatic nitrogens is 4. The van der Waals surface area contributed by atoms with Gasteiger partial charge in [0.25, 0.3) is 0 Å². The molecule has 5 heteroatoms. The molecular formula is C40H45N5. The highest BCUT2D eigenvalue weighted by molar-refractivity contribution is 5.86. The molecule has 2 saturated carbocycles.